The van der Waals surface area contributed by atoms with Crippen LogP contribution in [0.5, 0.6) is 0 Å². The van der Waals surface area contributed by atoms with Crippen molar-refractivity contribution in [2.45, 2.75) is 12.8 Å². The summed E-state index contributed by atoms with van der Waals surface area (Å²) in [7, 11) is 6.00. The van der Waals surface area contributed by atoms with Gasteiger partial charge in [-0.15, -0.1) is 0 Å². The molecule has 94 valence electrons. The van der Waals surface area contributed by atoms with Crippen LogP contribution in [0.25, 0.3) is 0 Å². The van der Waals surface area contributed by atoms with Gasteiger partial charge in [0.1, 0.15) is 0 Å². The third-order valence-electron chi connectivity index (χ3n) is 1.19. The molecule has 0 amide bonds. The van der Waals surface area contributed by atoms with E-state index in [0.29, 0.717) is 0 Å². The summed E-state index contributed by atoms with van der Waals surface area (Å²) in [6.45, 7) is 0. The molecule has 0 atom stereocenters. The molecule has 0 spiro atoms. The molecule has 0 aromatic rings. The van der Waals surface area contributed by atoms with Gasteiger partial charge in [-0.25, -0.2) is 0 Å². The molecule has 0 aromatic carbocycles. The second kappa shape index (κ2) is 8.66. The highest BCUT2D eigenvalue weighted by atomic mass is 16.4. The Morgan fingerprint density at radius 2 is 1.19 bits per heavy atom. The lowest BCUT2D eigenvalue weighted by Gasteiger charge is -2.04. The van der Waals surface area contributed by atoms with Gasteiger partial charge in [0.05, 0.1) is 18.8 Å². The van der Waals surface area contributed by atoms with Crippen LogP contribution in [0.2, 0.25) is 0 Å². The van der Waals surface area contributed by atoms with Crippen molar-refractivity contribution in [1.82, 2.24) is 4.90 Å². The average Bonchev–Trinajstić information content (AvgIpc) is 1.99. The topological polar surface area (TPSA) is 115 Å². The molecule has 0 radical (unpaired) electrons. The van der Waals surface area contributed by atoms with Crippen molar-refractivity contribution in [1.29, 1.82) is 0 Å². The fourth-order valence-corrected chi connectivity index (χ4v) is 0.668. The van der Waals surface area contributed by atoms with Gasteiger partial charge in [-0.2, -0.15) is 0 Å². The Labute approximate surface area is 93.3 Å². The summed E-state index contributed by atoms with van der Waals surface area (Å²) in [6, 6.07) is 0. The van der Waals surface area contributed by atoms with Gasteiger partial charge < -0.3 is 20.2 Å². The van der Waals surface area contributed by atoms with Crippen molar-refractivity contribution in [3.05, 3.63) is 0 Å². The number of hydrogen-bond donors (Lipinski definition) is 3. The van der Waals surface area contributed by atoms with Crippen LogP contribution in [0.1, 0.15) is 12.8 Å². The zero-order valence-corrected chi connectivity index (χ0v) is 9.51. The number of carbonyl (C=O) groups is 3. The standard InChI is InChI=1S/C6H8O6.C3H9N/c7-4(8)1-3(6(11)12)2-5(9)10;1-4(2)3/h3H,1-2H2,(H,7,8)(H,9,10)(H,11,12);1-3H3. The monoisotopic (exact) mass is 235 g/mol. The molecule has 0 unspecified atom stereocenters. The van der Waals surface area contributed by atoms with E-state index in [9.17, 15) is 14.4 Å². The number of hydrogen-bond acceptors (Lipinski definition) is 4. The van der Waals surface area contributed by atoms with Crippen molar-refractivity contribution >= 4 is 17.9 Å². The molecule has 0 bridgehead atoms. The summed E-state index contributed by atoms with van der Waals surface area (Å²) in [4.78, 5) is 32.3. The van der Waals surface area contributed by atoms with E-state index in [-0.39, 0.29) is 0 Å². The second-order valence-corrected chi connectivity index (χ2v) is 3.57. The number of carboxylic acids is 3. The zero-order valence-electron chi connectivity index (χ0n) is 9.51. The molecule has 3 N–H and O–H groups in total. The lowest BCUT2D eigenvalue weighted by Crippen LogP contribution is -2.20. The van der Waals surface area contributed by atoms with Crippen molar-refractivity contribution < 1.29 is 29.7 Å². The molecule has 0 aliphatic rings. The maximum atomic E-state index is 10.2. The molecule has 0 saturated carbocycles. The average molecular weight is 235 g/mol. The number of carboxylic acid groups (broad SMARTS) is 3. The highest BCUT2D eigenvalue weighted by molar-refractivity contribution is 5.82. The third kappa shape index (κ3) is 14.9. The first-order valence-corrected chi connectivity index (χ1v) is 4.44. The Bertz CT molecular complexity index is 232. The fourth-order valence-electron chi connectivity index (χ4n) is 0.668. The molecule has 0 aliphatic carbocycles. The summed E-state index contributed by atoms with van der Waals surface area (Å²) >= 11 is 0. The van der Waals surface area contributed by atoms with Gasteiger partial charge in [-0.05, 0) is 21.1 Å². The summed E-state index contributed by atoms with van der Waals surface area (Å²) < 4.78 is 0. The second-order valence-electron chi connectivity index (χ2n) is 3.57. The van der Waals surface area contributed by atoms with Crippen LogP contribution in [0.4, 0.5) is 0 Å². The van der Waals surface area contributed by atoms with Gasteiger partial charge in [-0.3, -0.25) is 14.4 Å². The summed E-state index contributed by atoms with van der Waals surface area (Å²) in [5, 5.41) is 24.7. The van der Waals surface area contributed by atoms with E-state index >= 15 is 0 Å². The normalized spacial score (nSPS) is 9.56. The van der Waals surface area contributed by atoms with E-state index in [0.717, 1.165) is 0 Å². The molecule has 7 heteroatoms. The van der Waals surface area contributed by atoms with Crippen LogP contribution in [0, 0.1) is 5.92 Å². The maximum absolute atomic E-state index is 10.2. The largest absolute Gasteiger partial charge is 0.481 e. The Morgan fingerprint density at radius 1 is 0.938 bits per heavy atom. The molecule has 0 heterocycles. The van der Waals surface area contributed by atoms with E-state index < -0.39 is 36.7 Å². The maximum Gasteiger partial charge on any atom is 0.307 e. The van der Waals surface area contributed by atoms with E-state index in [1.165, 1.54) is 0 Å². The molecular formula is C9H17NO6. The first-order valence-electron chi connectivity index (χ1n) is 4.44. The summed E-state index contributed by atoms with van der Waals surface area (Å²) in [5.74, 6) is -5.38. The van der Waals surface area contributed by atoms with Crippen molar-refractivity contribution in [2.24, 2.45) is 5.92 Å². The van der Waals surface area contributed by atoms with Crippen LogP contribution in [0.3, 0.4) is 0 Å². The van der Waals surface area contributed by atoms with Crippen LogP contribution < -0.4 is 0 Å². The first-order chi connectivity index (χ1) is 7.16. The SMILES string of the molecule is CN(C)C.O=C(O)CC(CC(=O)O)C(=O)O. The lowest BCUT2D eigenvalue weighted by atomic mass is 10.0. The molecule has 0 saturated heterocycles. The van der Waals surface area contributed by atoms with Gasteiger partial charge in [-0.1, -0.05) is 0 Å². The number of rotatable bonds is 5. The highest BCUT2D eigenvalue weighted by Gasteiger charge is 2.23. The Kier molecular flexibility index (Phi) is 9.09. The zero-order chi connectivity index (χ0) is 13.3. The lowest BCUT2D eigenvalue weighted by molar-refractivity contribution is -0.152. The molecule has 7 nitrogen and oxygen atoms in total. The number of nitrogens with zero attached hydrogens (tertiary/aromatic N) is 1. The van der Waals surface area contributed by atoms with Crippen LogP contribution in [0.15, 0.2) is 0 Å². The summed E-state index contributed by atoms with van der Waals surface area (Å²) in [6.07, 6.45) is -1.33. The van der Waals surface area contributed by atoms with Crippen LogP contribution in [-0.4, -0.2) is 59.3 Å². The van der Waals surface area contributed by atoms with Crippen LogP contribution in [-0.2, 0) is 14.4 Å². The minimum Gasteiger partial charge on any atom is -0.481 e. The highest BCUT2D eigenvalue weighted by Crippen LogP contribution is 2.08. The molecule has 0 aliphatic heterocycles. The molecule has 16 heavy (non-hydrogen) atoms. The van der Waals surface area contributed by atoms with E-state index in [1.807, 2.05) is 26.0 Å². The van der Waals surface area contributed by atoms with Crippen LogP contribution >= 0.6 is 0 Å². The molecule has 0 fully saturated rings. The van der Waals surface area contributed by atoms with Gasteiger partial charge in [0, 0.05) is 0 Å². The summed E-state index contributed by atoms with van der Waals surface area (Å²) in [5.41, 5.74) is 0. The third-order valence-corrected chi connectivity index (χ3v) is 1.19. The van der Waals surface area contributed by atoms with Gasteiger partial charge >= 0.3 is 17.9 Å². The predicted octanol–water partition coefficient (Wildman–Crippen LogP) is -0.186. The minimum atomic E-state index is -1.40. The van der Waals surface area contributed by atoms with Crippen molar-refractivity contribution in [2.75, 3.05) is 21.1 Å². The van der Waals surface area contributed by atoms with E-state index in [4.69, 9.17) is 15.3 Å². The molecular weight excluding hydrogens is 218 g/mol. The van der Waals surface area contributed by atoms with Crippen molar-refractivity contribution in [3.63, 3.8) is 0 Å². The smallest absolute Gasteiger partial charge is 0.307 e. The van der Waals surface area contributed by atoms with Gasteiger partial charge in [0.15, 0.2) is 0 Å². The number of aliphatic carboxylic acids is 3. The quantitative estimate of drug-likeness (QED) is 0.605. The van der Waals surface area contributed by atoms with Gasteiger partial charge in [0.25, 0.3) is 0 Å². The fraction of sp³-hybridized carbons (Fsp3) is 0.667. The van der Waals surface area contributed by atoms with Crippen molar-refractivity contribution in [3.8, 4) is 0 Å². The van der Waals surface area contributed by atoms with E-state index in [2.05, 4.69) is 0 Å². The molecule has 0 rings (SSSR count). The first kappa shape index (κ1) is 16.8. The minimum absolute atomic E-state index is 0.665. The van der Waals surface area contributed by atoms with Gasteiger partial charge in [0.2, 0.25) is 0 Å². The van der Waals surface area contributed by atoms with E-state index in [1.54, 1.807) is 0 Å². The Balaban J connectivity index is 0. The Hall–Kier alpha value is -1.63. The predicted molar refractivity (Wildman–Crippen MR) is 55.2 cm³/mol. The Morgan fingerprint density at radius 3 is 1.31 bits per heavy atom. The molecule has 0 aromatic heterocycles.